The molecule has 1 atom stereocenters. The molecule has 2 rings (SSSR count). The van der Waals surface area contributed by atoms with Crippen LogP contribution in [0, 0.1) is 11.6 Å². The maximum atomic E-state index is 13.8. The molecule has 1 N–H and O–H groups in total. The summed E-state index contributed by atoms with van der Waals surface area (Å²) in [5.74, 6) is -0.936. The smallest absolute Gasteiger partial charge is 0.143 e. The van der Waals surface area contributed by atoms with Crippen molar-refractivity contribution in [1.29, 1.82) is 0 Å². The Bertz CT molecular complexity index is 637. The van der Waals surface area contributed by atoms with E-state index in [2.05, 4.69) is 31.9 Å². The summed E-state index contributed by atoms with van der Waals surface area (Å²) in [6, 6.07) is 10.1. The Morgan fingerprint density at radius 3 is 2.48 bits per heavy atom. The van der Waals surface area contributed by atoms with Crippen LogP contribution in [0.1, 0.15) is 5.56 Å². The zero-order valence-electron chi connectivity index (χ0n) is 10.8. The molecule has 0 fully saturated rings. The van der Waals surface area contributed by atoms with Crippen LogP contribution in [0.25, 0.3) is 0 Å². The predicted octanol–water partition coefficient (Wildman–Crippen LogP) is 5.19. The zero-order valence-corrected chi connectivity index (χ0v) is 14.8. The van der Waals surface area contributed by atoms with Crippen molar-refractivity contribution in [2.45, 2.75) is 17.4 Å². The molecular weight excluding hydrogens is 426 g/mol. The Balaban J connectivity index is 2.01. The Kier molecular flexibility index (Phi) is 6.22. The second-order valence-corrected chi connectivity index (χ2v) is 7.19. The molecule has 0 aliphatic rings. The number of halogens is 4. The Hall–Kier alpha value is -0.430. The number of rotatable bonds is 5. The fraction of sp³-hybridized carbons (Fsp3) is 0.200. The molecule has 0 aromatic heterocycles. The molecule has 0 radical (unpaired) electrons. The Labute approximate surface area is 143 Å². The fourth-order valence-corrected chi connectivity index (χ4v) is 3.67. The molecule has 0 aliphatic carbocycles. The van der Waals surface area contributed by atoms with Gasteiger partial charge in [0.2, 0.25) is 0 Å². The highest BCUT2D eigenvalue weighted by molar-refractivity contribution is 9.10. The maximum Gasteiger partial charge on any atom is 0.143 e. The first-order valence-electron chi connectivity index (χ1n) is 6.17. The SMILES string of the molecule is OC(CSc1ccccc1Br)Cc1c(F)ccc(Br)c1F. The first kappa shape index (κ1) is 16.9. The summed E-state index contributed by atoms with van der Waals surface area (Å²) in [4.78, 5) is 0.978. The number of aliphatic hydroxyl groups excluding tert-OH is 1. The van der Waals surface area contributed by atoms with Gasteiger partial charge < -0.3 is 5.11 Å². The van der Waals surface area contributed by atoms with Crippen LogP contribution in [0.4, 0.5) is 8.78 Å². The van der Waals surface area contributed by atoms with E-state index < -0.39 is 17.7 Å². The van der Waals surface area contributed by atoms with Crippen molar-refractivity contribution in [2.24, 2.45) is 0 Å². The van der Waals surface area contributed by atoms with Gasteiger partial charge in [0.15, 0.2) is 0 Å². The quantitative estimate of drug-likeness (QED) is 0.513. The summed E-state index contributed by atoms with van der Waals surface area (Å²) in [6.45, 7) is 0. The Morgan fingerprint density at radius 1 is 1.05 bits per heavy atom. The van der Waals surface area contributed by atoms with E-state index in [0.717, 1.165) is 9.37 Å². The van der Waals surface area contributed by atoms with E-state index in [0.29, 0.717) is 5.75 Å². The lowest BCUT2D eigenvalue weighted by molar-refractivity contribution is 0.197. The number of aliphatic hydroxyl groups is 1. The first-order valence-corrected chi connectivity index (χ1v) is 8.74. The third-order valence-electron chi connectivity index (χ3n) is 2.85. The summed E-state index contributed by atoms with van der Waals surface area (Å²) in [5.41, 5.74) is -0.0930. The molecule has 2 aromatic rings. The predicted molar refractivity (Wildman–Crippen MR) is 88.6 cm³/mol. The molecule has 6 heteroatoms. The number of benzene rings is 2. The highest BCUT2D eigenvalue weighted by atomic mass is 79.9. The van der Waals surface area contributed by atoms with Crippen LogP contribution < -0.4 is 0 Å². The van der Waals surface area contributed by atoms with E-state index in [4.69, 9.17) is 0 Å². The minimum Gasteiger partial charge on any atom is -0.392 e. The number of hydrogen-bond donors (Lipinski definition) is 1. The molecule has 21 heavy (non-hydrogen) atoms. The molecule has 112 valence electrons. The minimum absolute atomic E-state index is 0.0610. The van der Waals surface area contributed by atoms with E-state index in [1.807, 2.05) is 24.3 Å². The summed E-state index contributed by atoms with van der Waals surface area (Å²) >= 11 is 7.87. The topological polar surface area (TPSA) is 20.2 Å². The van der Waals surface area contributed by atoms with Gasteiger partial charge >= 0.3 is 0 Å². The van der Waals surface area contributed by atoms with Crippen molar-refractivity contribution in [2.75, 3.05) is 5.75 Å². The second-order valence-electron chi connectivity index (χ2n) is 4.42. The van der Waals surface area contributed by atoms with Crippen LogP contribution in [-0.2, 0) is 6.42 Å². The largest absolute Gasteiger partial charge is 0.392 e. The fourth-order valence-electron chi connectivity index (χ4n) is 1.80. The standard InChI is InChI=1S/C15H12Br2F2OS/c16-11-3-1-2-4-14(11)21-8-9(20)7-10-13(18)6-5-12(17)15(10)19/h1-6,9,20H,7-8H2. The minimum atomic E-state index is -0.833. The molecule has 0 heterocycles. The summed E-state index contributed by atoms with van der Waals surface area (Å²) in [6.07, 6.45) is -0.894. The summed E-state index contributed by atoms with van der Waals surface area (Å²) in [7, 11) is 0. The lowest BCUT2D eigenvalue weighted by Gasteiger charge is -2.13. The average Bonchev–Trinajstić information content (AvgIpc) is 2.47. The van der Waals surface area contributed by atoms with E-state index in [9.17, 15) is 13.9 Å². The number of hydrogen-bond acceptors (Lipinski definition) is 2. The molecule has 1 nitrogen and oxygen atoms in total. The molecule has 0 aliphatic heterocycles. The van der Waals surface area contributed by atoms with Gasteiger partial charge in [0, 0.05) is 27.1 Å². The van der Waals surface area contributed by atoms with Gasteiger partial charge in [0.1, 0.15) is 11.6 Å². The van der Waals surface area contributed by atoms with E-state index in [1.54, 1.807) is 0 Å². The summed E-state index contributed by atoms with van der Waals surface area (Å²) < 4.78 is 28.6. The number of thioether (sulfide) groups is 1. The molecule has 0 saturated carbocycles. The van der Waals surface area contributed by atoms with Crippen molar-refractivity contribution < 1.29 is 13.9 Å². The van der Waals surface area contributed by atoms with Crippen molar-refractivity contribution in [3.05, 3.63) is 62.5 Å². The van der Waals surface area contributed by atoms with Gasteiger partial charge in [-0.25, -0.2) is 8.78 Å². The second kappa shape index (κ2) is 7.72. The van der Waals surface area contributed by atoms with E-state index >= 15 is 0 Å². The highest BCUT2D eigenvalue weighted by Gasteiger charge is 2.16. The van der Waals surface area contributed by atoms with Crippen LogP contribution >= 0.6 is 43.6 Å². The third kappa shape index (κ3) is 4.52. The van der Waals surface area contributed by atoms with E-state index in [1.165, 1.54) is 23.9 Å². The van der Waals surface area contributed by atoms with Crippen LogP contribution in [-0.4, -0.2) is 17.0 Å². The van der Waals surface area contributed by atoms with Crippen LogP contribution in [0.3, 0.4) is 0 Å². The molecular formula is C15H12Br2F2OS. The van der Waals surface area contributed by atoms with Gasteiger partial charge in [-0.3, -0.25) is 0 Å². The Morgan fingerprint density at radius 2 is 1.76 bits per heavy atom. The monoisotopic (exact) mass is 436 g/mol. The summed E-state index contributed by atoms with van der Waals surface area (Å²) in [5, 5.41) is 10.0. The highest BCUT2D eigenvalue weighted by Crippen LogP contribution is 2.29. The van der Waals surface area contributed by atoms with Gasteiger partial charge in [0.05, 0.1) is 10.6 Å². The maximum absolute atomic E-state index is 13.8. The molecule has 0 spiro atoms. The lowest BCUT2D eigenvalue weighted by Crippen LogP contribution is -2.16. The van der Waals surface area contributed by atoms with Crippen LogP contribution in [0.5, 0.6) is 0 Å². The van der Waals surface area contributed by atoms with Crippen molar-refractivity contribution in [3.63, 3.8) is 0 Å². The van der Waals surface area contributed by atoms with Crippen LogP contribution in [0.2, 0.25) is 0 Å². The van der Waals surface area contributed by atoms with Crippen LogP contribution in [0.15, 0.2) is 50.2 Å². The first-order chi connectivity index (χ1) is 9.99. The molecule has 2 aromatic carbocycles. The zero-order chi connectivity index (χ0) is 15.4. The van der Waals surface area contributed by atoms with E-state index in [-0.39, 0.29) is 16.5 Å². The average molecular weight is 438 g/mol. The van der Waals surface area contributed by atoms with Gasteiger partial charge in [0.25, 0.3) is 0 Å². The molecule has 0 bridgehead atoms. The van der Waals surface area contributed by atoms with Crippen molar-refractivity contribution in [3.8, 4) is 0 Å². The normalized spacial score (nSPS) is 12.4. The van der Waals surface area contributed by atoms with Crippen molar-refractivity contribution in [1.82, 2.24) is 0 Å². The third-order valence-corrected chi connectivity index (χ3v) is 5.63. The molecule has 0 amide bonds. The van der Waals surface area contributed by atoms with Gasteiger partial charge in [-0.1, -0.05) is 12.1 Å². The van der Waals surface area contributed by atoms with Gasteiger partial charge in [-0.05, 0) is 56.1 Å². The van der Waals surface area contributed by atoms with Gasteiger partial charge in [-0.2, -0.15) is 0 Å². The van der Waals surface area contributed by atoms with Crippen molar-refractivity contribution >= 4 is 43.6 Å². The van der Waals surface area contributed by atoms with Gasteiger partial charge in [-0.15, -0.1) is 11.8 Å². The molecule has 0 saturated heterocycles. The lowest BCUT2D eigenvalue weighted by atomic mass is 10.1. The molecule has 1 unspecified atom stereocenters.